The van der Waals surface area contributed by atoms with E-state index in [9.17, 15) is 8.42 Å². The standard InChI is InChI=1S/C6H12O3S/c1-2-6-5-10(7,8)4-3-9-6/h6H,2-5H2,1H3. The van der Waals surface area contributed by atoms with Crippen LogP contribution in [0.4, 0.5) is 0 Å². The fourth-order valence-electron chi connectivity index (χ4n) is 0.992. The molecular formula is C6H12O3S. The Hall–Kier alpha value is -0.0900. The number of hydrogen-bond acceptors (Lipinski definition) is 3. The van der Waals surface area contributed by atoms with Crippen LogP contribution in [0.3, 0.4) is 0 Å². The lowest BCUT2D eigenvalue weighted by Crippen LogP contribution is -2.33. The quantitative estimate of drug-likeness (QED) is 0.556. The summed E-state index contributed by atoms with van der Waals surface area (Å²) in [5, 5.41) is 0. The fraction of sp³-hybridized carbons (Fsp3) is 1.00. The van der Waals surface area contributed by atoms with Gasteiger partial charge in [-0.25, -0.2) is 8.42 Å². The molecule has 1 fully saturated rings. The van der Waals surface area contributed by atoms with E-state index in [1.165, 1.54) is 0 Å². The zero-order chi connectivity index (χ0) is 7.61. The van der Waals surface area contributed by atoms with Gasteiger partial charge >= 0.3 is 0 Å². The van der Waals surface area contributed by atoms with Crippen molar-refractivity contribution in [3.8, 4) is 0 Å². The second-order valence-electron chi connectivity index (χ2n) is 2.52. The lowest BCUT2D eigenvalue weighted by molar-refractivity contribution is 0.0694. The van der Waals surface area contributed by atoms with Gasteiger partial charge < -0.3 is 4.74 Å². The molecule has 1 atom stereocenters. The highest BCUT2D eigenvalue weighted by molar-refractivity contribution is 7.91. The van der Waals surface area contributed by atoms with E-state index in [1.54, 1.807) is 0 Å². The van der Waals surface area contributed by atoms with E-state index < -0.39 is 9.84 Å². The second kappa shape index (κ2) is 2.88. The van der Waals surface area contributed by atoms with Crippen molar-refractivity contribution in [2.45, 2.75) is 19.4 Å². The summed E-state index contributed by atoms with van der Waals surface area (Å²) in [5.74, 6) is 0.410. The topological polar surface area (TPSA) is 43.4 Å². The van der Waals surface area contributed by atoms with Crippen molar-refractivity contribution in [3.63, 3.8) is 0 Å². The molecule has 0 N–H and O–H groups in total. The van der Waals surface area contributed by atoms with Crippen LogP contribution in [0.2, 0.25) is 0 Å². The van der Waals surface area contributed by atoms with Gasteiger partial charge in [-0.05, 0) is 6.42 Å². The molecule has 10 heavy (non-hydrogen) atoms. The van der Waals surface area contributed by atoms with Gasteiger partial charge in [0.25, 0.3) is 0 Å². The normalized spacial score (nSPS) is 31.9. The first-order valence-electron chi connectivity index (χ1n) is 3.46. The van der Waals surface area contributed by atoms with E-state index in [4.69, 9.17) is 4.74 Å². The zero-order valence-corrected chi connectivity index (χ0v) is 6.86. The maximum Gasteiger partial charge on any atom is 0.155 e. The van der Waals surface area contributed by atoms with Crippen molar-refractivity contribution in [1.82, 2.24) is 0 Å². The number of rotatable bonds is 1. The summed E-state index contributed by atoms with van der Waals surface area (Å²) in [4.78, 5) is 0. The average molecular weight is 164 g/mol. The molecule has 1 aliphatic rings. The highest BCUT2D eigenvalue weighted by Crippen LogP contribution is 2.09. The third-order valence-corrected chi connectivity index (χ3v) is 3.31. The molecule has 0 aromatic heterocycles. The minimum atomic E-state index is -2.77. The molecule has 1 aliphatic heterocycles. The van der Waals surface area contributed by atoms with Crippen molar-refractivity contribution >= 4 is 9.84 Å². The predicted octanol–water partition coefficient (Wildman–Crippen LogP) is 0.210. The summed E-state index contributed by atoms with van der Waals surface area (Å²) in [7, 11) is -2.77. The third-order valence-electron chi connectivity index (χ3n) is 1.64. The van der Waals surface area contributed by atoms with Crippen molar-refractivity contribution in [1.29, 1.82) is 0 Å². The van der Waals surface area contributed by atoms with Crippen LogP contribution in [0.1, 0.15) is 13.3 Å². The molecule has 4 heteroatoms. The van der Waals surface area contributed by atoms with Gasteiger partial charge in [0.2, 0.25) is 0 Å². The van der Waals surface area contributed by atoms with Crippen LogP contribution in [-0.4, -0.2) is 32.6 Å². The highest BCUT2D eigenvalue weighted by Gasteiger charge is 2.23. The summed E-state index contributed by atoms with van der Waals surface area (Å²) < 4.78 is 27.1. The molecule has 1 saturated heterocycles. The Morgan fingerprint density at radius 3 is 2.70 bits per heavy atom. The molecule has 60 valence electrons. The van der Waals surface area contributed by atoms with E-state index in [2.05, 4.69) is 0 Å². The second-order valence-corrected chi connectivity index (χ2v) is 4.74. The first-order valence-corrected chi connectivity index (χ1v) is 5.28. The van der Waals surface area contributed by atoms with Gasteiger partial charge in [0.15, 0.2) is 9.84 Å². The Morgan fingerprint density at radius 2 is 2.30 bits per heavy atom. The molecular weight excluding hydrogens is 152 g/mol. The van der Waals surface area contributed by atoms with Gasteiger partial charge in [-0.1, -0.05) is 6.92 Å². The summed E-state index contributed by atoms with van der Waals surface area (Å²) >= 11 is 0. The Balaban J connectivity index is 2.56. The molecule has 1 rings (SSSR count). The first-order chi connectivity index (χ1) is 4.64. The van der Waals surface area contributed by atoms with E-state index in [1.807, 2.05) is 6.92 Å². The van der Waals surface area contributed by atoms with Crippen molar-refractivity contribution < 1.29 is 13.2 Å². The number of ether oxygens (including phenoxy) is 1. The molecule has 0 amide bonds. The lowest BCUT2D eigenvalue weighted by atomic mass is 10.3. The minimum absolute atomic E-state index is 0.0567. The summed E-state index contributed by atoms with van der Waals surface area (Å²) in [6, 6.07) is 0. The molecule has 0 aromatic carbocycles. The van der Waals surface area contributed by atoms with Gasteiger partial charge in [-0.15, -0.1) is 0 Å². The predicted molar refractivity (Wildman–Crippen MR) is 38.7 cm³/mol. The molecule has 3 nitrogen and oxygen atoms in total. The minimum Gasteiger partial charge on any atom is -0.376 e. The summed E-state index contributed by atoms with van der Waals surface area (Å²) in [5.41, 5.74) is 0. The Kier molecular flexibility index (Phi) is 2.31. The zero-order valence-electron chi connectivity index (χ0n) is 6.04. The highest BCUT2D eigenvalue weighted by atomic mass is 32.2. The number of hydrogen-bond donors (Lipinski definition) is 0. The molecule has 0 saturated carbocycles. The Morgan fingerprint density at radius 1 is 1.60 bits per heavy atom. The molecule has 1 unspecified atom stereocenters. The Labute approximate surface area is 61.3 Å². The van der Waals surface area contributed by atoms with Crippen molar-refractivity contribution in [2.24, 2.45) is 0 Å². The number of sulfone groups is 1. The van der Waals surface area contributed by atoms with Crippen LogP contribution in [-0.2, 0) is 14.6 Å². The lowest BCUT2D eigenvalue weighted by Gasteiger charge is -2.20. The Bertz CT molecular complexity index is 195. The largest absolute Gasteiger partial charge is 0.376 e. The molecule has 0 radical (unpaired) electrons. The summed E-state index contributed by atoms with van der Waals surface area (Å²) in [6.07, 6.45) is 0.734. The van der Waals surface area contributed by atoms with Gasteiger partial charge in [-0.2, -0.15) is 0 Å². The average Bonchev–Trinajstić information content (AvgIpc) is 1.86. The van der Waals surface area contributed by atoms with Crippen molar-refractivity contribution in [3.05, 3.63) is 0 Å². The van der Waals surface area contributed by atoms with Gasteiger partial charge in [0.05, 0.1) is 24.2 Å². The SMILES string of the molecule is CCC1CS(=O)(=O)CCO1. The first kappa shape index (κ1) is 8.01. The van der Waals surface area contributed by atoms with Gasteiger partial charge in [-0.3, -0.25) is 0 Å². The van der Waals surface area contributed by atoms with E-state index in [0.29, 0.717) is 6.61 Å². The van der Waals surface area contributed by atoms with Crippen LogP contribution in [0, 0.1) is 0 Å². The van der Waals surface area contributed by atoms with Gasteiger partial charge in [0, 0.05) is 0 Å². The smallest absolute Gasteiger partial charge is 0.155 e. The van der Waals surface area contributed by atoms with Crippen LogP contribution in [0.15, 0.2) is 0 Å². The molecule has 0 aliphatic carbocycles. The maximum absolute atomic E-state index is 10.9. The summed E-state index contributed by atoms with van der Waals surface area (Å²) in [6.45, 7) is 2.31. The molecule has 0 spiro atoms. The van der Waals surface area contributed by atoms with E-state index in [-0.39, 0.29) is 17.6 Å². The monoisotopic (exact) mass is 164 g/mol. The van der Waals surface area contributed by atoms with E-state index in [0.717, 1.165) is 6.42 Å². The third kappa shape index (κ3) is 1.95. The maximum atomic E-state index is 10.9. The molecule has 1 heterocycles. The fourth-order valence-corrected chi connectivity index (χ4v) is 2.41. The van der Waals surface area contributed by atoms with Crippen LogP contribution in [0.5, 0.6) is 0 Å². The van der Waals surface area contributed by atoms with Crippen LogP contribution < -0.4 is 0 Å². The van der Waals surface area contributed by atoms with Crippen LogP contribution in [0.25, 0.3) is 0 Å². The van der Waals surface area contributed by atoms with E-state index >= 15 is 0 Å². The van der Waals surface area contributed by atoms with Crippen molar-refractivity contribution in [2.75, 3.05) is 18.1 Å². The van der Waals surface area contributed by atoms with Crippen LogP contribution >= 0.6 is 0 Å². The molecule has 0 bridgehead atoms. The molecule has 0 aromatic rings. The van der Waals surface area contributed by atoms with Gasteiger partial charge in [0.1, 0.15) is 0 Å².